The zero-order valence-electron chi connectivity index (χ0n) is 12.4. The molecule has 2 aliphatic heterocycles. The first-order chi connectivity index (χ1) is 9.09. The summed E-state index contributed by atoms with van der Waals surface area (Å²) in [6, 6.07) is 0. The van der Waals surface area contributed by atoms with Crippen molar-refractivity contribution in [1.29, 1.82) is 0 Å². The Bertz CT molecular complexity index is 561. The van der Waals surface area contributed by atoms with Gasteiger partial charge in [0.15, 0.2) is 0 Å². The molecule has 0 amide bonds. The Morgan fingerprint density at radius 2 is 1.74 bits per heavy atom. The van der Waals surface area contributed by atoms with Gasteiger partial charge in [0, 0.05) is 5.56 Å². The Kier molecular flexibility index (Phi) is 3.14. The first-order valence-electron chi connectivity index (χ1n) is 7.23. The van der Waals surface area contributed by atoms with Gasteiger partial charge in [-0.3, -0.25) is 0 Å². The molecule has 1 aliphatic carbocycles. The molecular weight excluding hydrogens is 234 g/mol. The first-order valence-corrected chi connectivity index (χ1v) is 7.23. The van der Waals surface area contributed by atoms with Crippen molar-refractivity contribution in [3.63, 3.8) is 0 Å². The van der Waals surface area contributed by atoms with Gasteiger partial charge in [0.1, 0.15) is 0 Å². The highest BCUT2D eigenvalue weighted by Crippen LogP contribution is 2.44. The molecule has 1 fully saturated rings. The third kappa shape index (κ3) is 1.99. The molecule has 3 rings (SSSR count). The number of hydrogen-bond donors (Lipinski definition) is 0. The lowest BCUT2D eigenvalue weighted by Gasteiger charge is -2.30. The molecule has 0 bridgehead atoms. The van der Waals surface area contributed by atoms with Crippen LogP contribution in [0.3, 0.4) is 0 Å². The maximum atomic E-state index is 5.47. The Hall–Kier alpha value is -1.28. The molecule has 0 unspecified atom stereocenters. The number of piperidine rings is 1. The second-order valence-electron chi connectivity index (χ2n) is 6.08. The topological polar surface area (TPSA) is 16.4 Å². The van der Waals surface area contributed by atoms with E-state index in [1.54, 1.807) is 5.56 Å². The van der Waals surface area contributed by atoms with Crippen LogP contribution in [0.25, 0.3) is 11.1 Å². The minimum absolute atomic E-state index is 0.716. The third-order valence-corrected chi connectivity index (χ3v) is 4.86. The van der Waals surface area contributed by atoms with Crippen LogP contribution < -0.4 is 0 Å². The van der Waals surface area contributed by atoms with Gasteiger partial charge in [-0.05, 0) is 87.5 Å². The fourth-order valence-corrected chi connectivity index (χ4v) is 3.57. The van der Waals surface area contributed by atoms with E-state index in [1.807, 2.05) is 12.5 Å². The molecular formula is C17H23NO. The van der Waals surface area contributed by atoms with Crippen LogP contribution in [0.2, 0.25) is 0 Å². The van der Waals surface area contributed by atoms with Crippen molar-refractivity contribution in [3.05, 3.63) is 34.8 Å². The van der Waals surface area contributed by atoms with Gasteiger partial charge < -0.3 is 9.32 Å². The molecule has 0 spiro atoms. The normalized spacial score (nSPS) is 18.3. The molecule has 0 saturated carbocycles. The van der Waals surface area contributed by atoms with E-state index in [4.69, 9.17) is 4.42 Å². The fraction of sp³-hybridized carbons (Fsp3) is 0.529. The summed E-state index contributed by atoms with van der Waals surface area (Å²) in [5, 5.41) is 0. The summed E-state index contributed by atoms with van der Waals surface area (Å²) < 4.78 is 5.47. The van der Waals surface area contributed by atoms with Gasteiger partial charge in [0.25, 0.3) is 0 Å². The third-order valence-electron chi connectivity index (χ3n) is 4.86. The van der Waals surface area contributed by atoms with E-state index in [9.17, 15) is 0 Å². The van der Waals surface area contributed by atoms with Crippen molar-refractivity contribution < 1.29 is 4.42 Å². The van der Waals surface area contributed by atoms with Crippen LogP contribution in [-0.4, -0.2) is 25.0 Å². The summed E-state index contributed by atoms with van der Waals surface area (Å²) in [7, 11) is 2.22. The molecule has 0 aromatic carbocycles. The fourth-order valence-electron chi connectivity index (χ4n) is 3.57. The van der Waals surface area contributed by atoms with Crippen molar-refractivity contribution in [2.24, 2.45) is 0 Å². The van der Waals surface area contributed by atoms with Crippen molar-refractivity contribution in [3.8, 4) is 11.1 Å². The number of fused-ring (bicyclic) bond motifs is 1. The predicted octanol–water partition coefficient (Wildman–Crippen LogP) is 4.12. The molecule has 0 aromatic rings. The quantitative estimate of drug-likeness (QED) is 0.764. The van der Waals surface area contributed by atoms with Gasteiger partial charge in [0.2, 0.25) is 0 Å². The van der Waals surface area contributed by atoms with Crippen LogP contribution in [0.1, 0.15) is 41.0 Å². The number of rotatable bonds is 1. The van der Waals surface area contributed by atoms with E-state index < -0.39 is 0 Å². The summed E-state index contributed by atoms with van der Waals surface area (Å²) in [6.07, 6.45) is 6.37. The van der Waals surface area contributed by atoms with E-state index >= 15 is 0 Å². The first kappa shape index (κ1) is 12.7. The van der Waals surface area contributed by atoms with Crippen LogP contribution >= 0.6 is 0 Å². The van der Waals surface area contributed by atoms with E-state index in [0.717, 1.165) is 0 Å². The molecule has 2 nitrogen and oxygen atoms in total. The summed E-state index contributed by atoms with van der Waals surface area (Å²) in [4.78, 5) is 2.44. The molecule has 0 N–H and O–H groups in total. The van der Waals surface area contributed by atoms with Crippen LogP contribution in [-0.2, 0) is 0 Å². The average Bonchev–Trinajstić information content (AvgIpc) is 2.66. The molecule has 102 valence electrons. The van der Waals surface area contributed by atoms with Crippen molar-refractivity contribution >= 4 is 0 Å². The van der Waals surface area contributed by atoms with E-state index in [-0.39, 0.29) is 0 Å². The van der Waals surface area contributed by atoms with Gasteiger partial charge in [-0.2, -0.15) is 0 Å². The van der Waals surface area contributed by atoms with Crippen LogP contribution in [0, 0.1) is 20.8 Å². The zero-order valence-corrected chi connectivity index (χ0v) is 12.4. The number of likely N-dealkylation sites (tertiary alicyclic amines) is 1. The van der Waals surface area contributed by atoms with Gasteiger partial charge in [0.05, 0.1) is 12.5 Å². The molecule has 19 heavy (non-hydrogen) atoms. The minimum atomic E-state index is 0.716. The standard InChI is InChI=1S/C17H23NO/c1-11-9-19-10-15-12(2)13(3)17(16(11)15)14-5-7-18(4)8-6-14/h9-10,14H,5-8H2,1-4H3. The van der Waals surface area contributed by atoms with E-state index in [1.165, 1.54) is 53.7 Å². The number of aryl methyl sites for hydroxylation is 1. The van der Waals surface area contributed by atoms with Gasteiger partial charge in [-0.15, -0.1) is 0 Å². The monoisotopic (exact) mass is 257 g/mol. The van der Waals surface area contributed by atoms with Crippen LogP contribution in [0.4, 0.5) is 0 Å². The molecule has 0 atom stereocenters. The van der Waals surface area contributed by atoms with Crippen molar-refractivity contribution in [2.75, 3.05) is 20.1 Å². The molecule has 0 radical (unpaired) electrons. The Morgan fingerprint density at radius 3 is 2.42 bits per heavy atom. The van der Waals surface area contributed by atoms with Crippen LogP contribution in [0.5, 0.6) is 0 Å². The highest BCUT2D eigenvalue weighted by atomic mass is 16.3. The van der Waals surface area contributed by atoms with Gasteiger partial charge in [-0.1, -0.05) is 0 Å². The number of hydrogen-bond acceptors (Lipinski definition) is 2. The van der Waals surface area contributed by atoms with E-state index in [2.05, 4.69) is 32.7 Å². The molecule has 3 aliphatic rings. The maximum absolute atomic E-state index is 5.47. The zero-order chi connectivity index (χ0) is 13.6. The van der Waals surface area contributed by atoms with Gasteiger partial charge in [-0.25, -0.2) is 0 Å². The lowest BCUT2D eigenvalue weighted by atomic mass is 9.85. The minimum Gasteiger partial charge on any atom is -0.472 e. The summed E-state index contributed by atoms with van der Waals surface area (Å²) in [6.45, 7) is 9.11. The lowest BCUT2D eigenvalue weighted by Crippen LogP contribution is -2.29. The highest BCUT2D eigenvalue weighted by Gasteiger charge is 2.28. The van der Waals surface area contributed by atoms with Gasteiger partial charge >= 0.3 is 0 Å². The predicted molar refractivity (Wildman–Crippen MR) is 79.0 cm³/mol. The smallest absolute Gasteiger partial charge is 0.0982 e. The Morgan fingerprint density at radius 1 is 1.05 bits per heavy atom. The second kappa shape index (κ2) is 4.68. The van der Waals surface area contributed by atoms with E-state index in [0.29, 0.717) is 5.92 Å². The van der Waals surface area contributed by atoms with Crippen molar-refractivity contribution in [1.82, 2.24) is 4.90 Å². The Labute approximate surface area is 115 Å². The molecule has 1 saturated heterocycles. The largest absolute Gasteiger partial charge is 0.472 e. The van der Waals surface area contributed by atoms with Crippen LogP contribution in [0.15, 0.2) is 16.9 Å². The molecule has 2 heterocycles. The average molecular weight is 257 g/mol. The maximum Gasteiger partial charge on any atom is 0.0982 e. The lowest BCUT2D eigenvalue weighted by molar-refractivity contribution is 0.255. The summed E-state index contributed by atoms with van der Waals surface area (Å²) in [5.74, 6) is 0.716. The Balaban J connectivity index is 2.11. The second-order valence-corrected chi connectivity index (χ2v) is 6.08. The molecule has 0 aromatic heterocycles. The molecule has 2 heteroatoms. The summed E-state index contributed by atoms with van der Waals surface area (Å²) >= 11 is 0. The number of nitrogens with zero attached hydrogens (tertiary/aromatic N) is 1. The van der Waals surface area contributed by atoms with Crippen molar-refractivity contribution in [2.45, 2.75) is 39.5 Å². The summed E-state index contributed by atoms with van der Waals surface area (Å²) in [5.41, 5.74) is 8.52. The highest BCUT2D eigenvalue weighted by molar-refractivity contribution is 5.80. The SMILES string of the molecule is Cc1cocc2c(C)c(C)c(C3CCN(C)CC3)c1-2.